The second-order valence-electron chi connectivity index (χ2n) is 7.32. The number of hydrogen-bond acceptors (Lipinski definition) is 4. The molecule has 7 nitrogen and oxygen atoms in total. The summed E-state index contributed by atoms with van der Waals surface area (Å²) < 4.78 is 9.78. The number of aromatic nitrogens is 4. The van der Waals surface area contributed by atoms with Crippen molar-refractivity contribution in [3.8, 4) is 0 Å². The van der Waals surface area contributed by atoms with Crippen LogP contribution in [0.5, 0.6) is 0 Å². The van der Waals surface area contributed by atoms with Crippen molar-refractivity contribution in [2.24, 2.45) is 12.5 Å². The molecule has 0 atom stereocenters. The zero-order valence-electron chi connectivity index (χ0n) is 15.3. The van der Waals surface area contributed by atoms with E-state index in [9.17, 15) is 9.59 Å². The van der Waals surface area contributed by atoms with Crippen molar-refractivity contribution < 1.29 is 4.74 Å². The minimum atomic E-state index is -0.315. The Hall–Kier alpha value is -1.89. The average molecular weight is 336 g/mol. The largest absolute Gasteiger partial charge is 0.361 e. The van der Waals surface area contributed by atoms with Crippen LogP contribution in [0, 0.1) is 5.41 Å². The van der Waals surface area contributed by atoms with E-state index in [4.69, 9.17) is 4.74 Å². The highest BCUT2D eigenvalue weighted by molar-refractivity contribution is 5.69. The predicted molar refractivity (Wildman–Crippen MR) is 94.2 cm³/mol. The number of nitrogens with zero attached hydrogens (tertiary/aromatic N) is 4. The van der Waals surface area contributed by atoms with E-state index in [1.807, 2.05) is 6.92 Å². The van der Waals surface area contributed by atoms with Gasteiger partial charge in [0.1, 0.15) is 6.73 Å². The molecule has 2 aromatic heterocycles. The summed E-state index contributed by atoms with van der Waals surface area (Å²) in [6.07, 6.45) is 4.39. The summed E-state index contributed by atoms with van der Waals surface area (Å²) >= 11 is 0. The number of imidazole rings is 1. The van der Waals surface area contributed by atoms with Crippen LogP contribution in [0.1, 0.15) is 47.0 Å². The first-order valence-electron chi connectivity index (χ1n) is 8.48. The summed E-state index contributed by atoms with van der Waals surface area (Å²) in [6, 6.07) is 0. The van der Waals surface area contributed by atoms with Crippen LogP contribution in [0.4, 0.5) is 0 Å². The van der Waals surface area contributed by atoms with E-state index < -0.39 is 0 Å². The molecule has 24 heavy (non-hydrogen) atoms. The summed E-state index contributed by atoms with van der Waals surface area (Å²) in [5.41, 5.74) is 0.471. The second-order valence-corrected chi connectivity index (χ2v) is 7.32. The van der Waals surface area contributed by atoms with Crippen LogP contribution in [0.15, 0.2) is 15.9 Å². The first-order valence-corrected chi connectivity index (χ1v) is 8.48. The monoisotopic (exact) mass is 336 g/mol. The highest BCUT2D eigenvalue weighted by Gasteiger charge is 2.16. The lowest BCUT2D eigenvalue weighted by atomic mass is 9.90. The number of ether oxygens (including phenoxy) is 1. The Kier molecular flexibility index (Phi) is 5.64. The zero-order chi connectivity index (χ0) is 17.9. The molecule has 0 fully saturated rings. The van der Waals surface area contributed by atoms with Crippen molar-refractivity contribution in [3.05, 3.63) is 27.2 Å². The zero-order valence-corrected chi connectivity index (χ0v) is 15.3. The molecule has 0 bridgehead atoms. The molecule has 0 spiro atoms. The van der Waals surface area contributed by atoms with Crippen LogP contribution in [0.25, 0.3) is 11.2 Å². The Balaban J connectivity index is 2.32. The third-order valence-corrected chi connectivity index (χ3v) is 4.09. The van der Waals surface area contributed by atoms with Crippen molar-refractivity contribution in [1.82, 2.24) is 18.7 Å². The molecule has 0 aromatic carbocycles. The van der Waals surface area contributed by atoms with E-state index in [0.717, 1.165) is 19.3 Å². The minimum Gasteiger partial charge on any atom is -0.361 e. The number of unbranched alkanes of at least 4 members (excludes halogenated alkanes) is 1. The lowest BCUT2D eigenvalue weighted by Crippen LogP contribution is -2.39. The fourth-order valence-corrected chi connectivity index (χ4v) is 2.73. The molecule has 134 valence electrons. The lowest BCUT2D eigenvalue weighted by Gasteiger charge is -2.17. The van der Waals surface area contributed by atoms with Crippen LogP contribution in [-0.2, 0) is 25.1 Å². The normalized spacial score (nSPS) is 12.2. The van der Waals surface area contributed by atoms with E-state index in [1.165, 1.54) is 9.13 Å². The fraction of sp³-hybridized carbons (Fsp3) is 0.706. The van der Waals surface area contributed by atoms with E-state index >= 15 is 0 Å². The Morgan fingerprint density at radius 1 is 1.21 bits per heavy atom. The number of fused-ring (bicyclic) bond motifs is 1. The fourth-order valence-electron chi connectivity index (χ4n) is 2.73. The first kappa shape index (κ1) is 18.4. The van der Waals surface area contributed by atoms with Crippen LogP contribution >= 0.6 is 0 Å². The van der Waals surface area contributed by atoms with Gasteiger partial charge in [0.15, 0.2) is 11.2 Å². The molecule has 2 aromatic rings. The molecule has 7 heteroatoms. The summed E-state index contributed by atoms with van der Waals surface area (Å²) in [5.74, 6) is 0. The summed E-state index contributed by atoms with van der Waals surface area (Å²) in [7, 11) is 1.65. The van der Waals surface area contributed by atoms with E-state index in [-0.39, 0.29) is 23.4 Å². The highest BCUT2D eigenvalue weighted by Crippen LogP contribution is 2.21. The van der Waals surface area contributed by atoms with Gasteiger partial charge in [-0.05, 0) is 25.2 Å². The Bertz CT molecular complexity index is 808. The van der Waals surface area contributed by atoms with Gasteiger partial charge in [-0.2, -0.15) is 0 Å². The van der Waals surface area contributed by atoms with Gasteiger partial charge in [0, 0.05) is 20.2 Å². The van der Waals surface area contributed by atoms with Crippen molar-refractivity contribution in [1.29, 1.82) is 0 Å². The van der Waals surface area contributed by atoms with Crippen LogP contribution in [0.2, 0.25) is 0 Å². The number of rotatable bonds is 7. The van der Waals surface area contributed by atoms with Crippen LogP contribution in [-0.4, -0.2) is 25.3 Å². The third kappa shape index (κ3) is 3.95. The van der Waals surface area contributed by atoms with Crippen LogP contribution < -0.4 is 11.2 Å². The second kappa shape index (κ2) is 7.34. The van der Waals surface area contributed by atoms with Crippen molar-refractivity contribution in [2.75, 3.05) is 6.61 Å². The SMILES string of the molecule is CCOCn1cnc2c1c(=O)n(CCCCC(C)(C)C)c(=O)n2C. The highest BCUT2D eigenvalue weighted by atomic mass is 16.5. The molecule has 0 saturated heterocycles. The maximum absolute atomic E-state index is 12.8. The van der Waals surface area contributed by atoms with E-state index in [0.29, 0.717) is 24.3 Å². The smallest absolute Gasteiger partial charge is 0.332 e. The van der Waals surface area contributed by atoms with Gasteiger partial charge >= 0.3 is 5.69 Å². The molecule has 0 saturated carbocycles. The predicted octanol–water partition coefficient (Wildman–Crippen LogP) is 2.11. The lowest BCUT2D eigenvalue weighted by molar-refractivity contribution is 0.0903. The van der Waals surface area contributed by atoms with Crippen LogP contribution in [0.3, 0.4) is 0 Å². The molecule has 0 N–H and O–H groups in total. The number of aryl methyl sites for hydroxylation is 1. The Morgan fingerprint density at radius 3 is 2.54 bits per heavy atom. The molecule has 0 aliphatic rings. The quantitative estimate of drug-likeness (QED) is 0.726. The van der Waals surface area contributed by atoms with Gasteiger partial charge in [0.05, 0.1) is 6.33 Å². The first-order chi connectivity index (χ1) is 11.3. The van der Waals surface area contributed by atoms with Gasteiger partial charge < -0.3 is 9.30 Å². The third-order valence-electron chi connectivity index (χ3n) is 4.09. The van der Waals surface area contributed by atoms with E-state index in [1.54, 1.807) is 17.9 Å². The average Bonchev–Trinajstić information content (AvgIpc) is 2.93. The van der Waals surface area contributed by atoms with Gasteiger partial charge in [-0.15, -0.1) is 0 Å². The maximum Gasteiger partial charge on any atom is 0.332 e. The van der Waals surface area contributed by atoms with Gasteiger partial charge in [-0.3, -0.25) is 13.9 Å². The molecule has 0 radical (unpaired) electrons. The molecule has 0 aliphatic heterocycles. The molecule has 0 amide bonds. The van der Waals surface area contributed by atoms with Crippen molar-refractivity contribution in [3.63, 3.8) is 0 Å². The minimum absolute atomic E-state index is 0.254. The Morgan fingerprint density at radius 2 is 1.92 bits per heavy atom. The van der Waals surface area contributed by atoms with E-state index in [2.05, 4.69) is 25.8 Å². The summed E-state index contributed by atoms with van der Waals surface area (Å²) in [5, 5.41) is 0. The van der Waals surface area contributed by atoms with Gasteiger partial charge in [0.2, 0.25) is 0 Å². The molecule has 0 unspecified atom stereocenters. The van der Waals surface area contributed by atoms with Gasteiger partial charge in [-0.25, -0.2) is 9.78 Å². The molecule has 2 heterocycles. The van der Waals surface area contributed by atoms with Gasteiger partial charge in [0.25, 0.3) is 5.56 Å². The summed E-state index contributed by atoms with van der Waals surface area (Å²) in [4.78, 5) is 29.4. The summed E-state index contributed by atoms with van der Waals surface area (Å²) in [6.45, 7) is 9.69. The van der Waals surface area contributed by atoms with Gasteiger partial charge in [-0.1, -0.05) is 27.2 Å². The van der Waals surface area contributed by atoms with Crippen molar-refractivity contribution >= 4 is 11.2 Å². The maximum atomic E-state index is 12.8. The molecular weight excluding hydrogens is 308 g/mol. The molecule has 0 aliphatic carbocycles. The topological polar surface area (TPSA) is 71.1 Å². The molecule has 2 rings (SSSR count). The Labute approximate surface area is 141 Å². The standard InChI is InChI=1S/C17H28N4O3/c1-6-24-12-20-11-18-14-13(20)15(22)21(16(23)19(14)5)10-8-7-9-17(2,3)4/h11H,6-10,12H2,1-5H3. The van der Waals surface area contributed by atoms with Crippen molar-refractivity contribution in [2.45, 2.75) is 60.2 Å². The molecular formula is C17H28N4O3. The number of hydrogen-bond donors (Lipinski definition) is 0.